The minimum atomic E-state index is -0.506. The van der Waals surface area contributed by atoms with Crippen molar-refractivity contribution in [2.24, 2.45) is 5.73 Å². The topological polar surface area (TPSA) is 84.7 Å². The molecule has 3 N–H and O–H groups in total. The first-order valence-electron chi connectivity index (χ1n) is 9.28. The molecule has 1 aliphatic heterocycles. The maximum atomic E-state index is 12.7. The number of ether oxygens (including phenoxy) is 1. The van der Waals surface area contributed by atoms with Gasteiger partial charge in [-0.1, -0.05) is 18.2 Å². The highest BCUT2D eigenvalue weighted by atomic mass is 32.1. The Balaban J connectivity index is 1.52. The summed E-state index contributed by atoms with van der Waals surface area (Å²) in [5, 5.41) is 3.39. The van der Waals surface area contributed by atoms with Crippen LogP contribution in [0.2, 0.25) is 0 Å². The van der Waals surface area contributed by atoms with E-state index in [1.54, 1.807) is 24.3 Å². The van der Waals surface area contributed by atoms with Crippen molar-refractivity contribution in [3.8, 4) is 11.5 Å². The van der Waals surface area contributed by atoms with Crippen LogP contribution in [0.4, 0.5) is 5.00 Å². The first kappa shape index (κ1) is 19.2. The predicted molar refractivity (Wildman–Crippen MR) is 114 cm³/mol. The van der Waals surface area contributed by atoms with E-state index in [4.69, 9.17) is 10.5 Å². The van der Waals surface area contributed by atoms with Gasteiger partial charge in [-0.15, -0.1) is 11.3 Å². The molecule has 0 saturated carbocycles. The van der Waals surface area contributed by atoms with Crippen molar-refractivity contribution in [1.82, 2.24) is 4.90 Å². The summed E-state index contributed by atoms with van der Waals surface area (Å²) in [5.41, 5.74) is 7.49. The number of nitrogens with zero attached hydrogens (tertiary/aromatic N) is 1. The SMILES string of the molecule is CN1CCc2c(sc(NC(=O)c3ccc(Oc4ccccc4)cc3)c2C(N)=O)C1. The van der Waals surface area contributed by atoms with E-state index >= 15 is 0 Å². The van der Waals surface area contributed by atoms with Gasteiger partial charge in [0.25, 0.3) is 11.8 Å². The Morgan fingerprint density at radius 2 is 1.76 bits per heavy atom. The molecule has 0 fully saturated rings. The third kappa shape index (κ3) is 4.16. The number of primary amides is 1. The molecule has 1 aromatic heterocycles. The van der Waals surface area contributed by atoms with Gasteiger partial charge in [-0.3, -0.25) is 9.59 Å². The molecule has 29 heavy (non-hydrogen) atoms. The average Bonchev–Trinajstić information content (AvgIpc) is 3.06. The molecule has 7 heteroatoms. The van der Waals surface area contributed by atoms with Crippen LogP contribution in [0.5, 0.6) is 11.5 Å². The Morgan fingerprint density at radius 3 is 2.45 bits per heavy atom. The van der Waals surface area contributed by atoms with Crippen molar-refractivity contribution in [3.63, 3.8) is 0 Å². The van der Waals surface area contributed by atoms with Crippen molar-refractivity contribution < 1.29 is 14.3 Å². The monoisotopic (exact) mass is 407 g/mol. The van der Waals surface area contributed by atoms with Crippen LogP contribution in [0.3, 0.4) is 0 Å². The lowest BCUT2D eigenvalue weighted by Crippen LogP contribution is -2.27. The number of amides is 2. The maximum Gasteiger partial charge on any atom is 0.256 e. The predicted octanol–water partition coefficient (Wildman–Crippen LogP) is 3.88. The zero-order valence-electron chi connectivity index (χ0n) is 16.0. The smallest absolute Gasteiger partial charge is 0.256 e. The number of rotatable bonds is 5. The lowest BCUT2D eigenvalue weighted by molar-refractivity contribution is 0.1000. The zero-order valence-corrected chi connectivity index (χ0v) is 16.8. The summed E-state index contributed by atoms with van der Waals surface area (Å²) in [6, 6.07) is 16.3. The van der Waals surface area contributed by atoms with Crippen molar-refractivity contribution >= 4 is 28.2 Å². The van der Waals surface area contributed by atoms with Crippen LogP contribution < -0.4 is 15.8 Å². The number of para-hydroxylation sites is 1. The second-order valence-electron chi connectivity index (χ2n) is 6.95. The molecule has 6 nitrogen and oxygen atoms in total. The van der Waals surface area contributed by atoms with E-state index in [9.17, 15) is 9.59 Å². The normalized spacial score (nSPS) is 13.6. The van der Waals surface area contributed by atoms with Crippen LogP contribution in [0.15, 0.2) is 54.6 Å². The fourth-order valence-electron chi connectivity index (χ4n) is 3.35. The highest BCUT2D eigenvalue weighted by molar-refractivity contribution is 7.17. The van der Waals surface area contributed by atoms with Crippen LogP contribution in [0.25, 0.3) is 0 Å². The number of hydrogen-bond acceptors (Lipinski definition) is 5. The number of anilines is 1. The first-order chi connectivity index (χ1) is 14.0. The second kappa shape index (κ2) is 8.06. The summed E-state index contributed by atoms with van der Waals surface area (Å²) in [5.74, 6) is 0.574. The van der Waals surface area contributed by atoms with Gasteiger partial charge < -0.3 is 20.7 Å². The molecule has 0 saturated heterocycles. The molecule has 2 heterocycles. The maximum absolute atomic E-state index is 12.7. The van der Waals surface area contributed by atoms with Gasteiger partial charge in [0.15, 0.2) is 0 Å². The Morgan fingerprint density at radius 1 is 1.07 bits per heavy atom. The molecule has 2 amide bonds. The van der Waals surface area contributed by atoms with Crippen molar-refractivity contribution in [3.05, 3.63) is 76.2 Å². The second-order valence-corrected chi connectivity index (χ2v) is 8.06. The molecular formula is C22H21N3O3S. The van der Waals surface area contributed by atoms with Gasteiger partial charge in [0.1, 0.15) is 16.5 Å². The Kier molecular flexibility index (Phi) is 5.33. The summed E-state index contributed by atoms with van der Waals surface area (Å²) in [7, 11) is 2.03. The standard InChI is InChI=1S/C22H21N3O3S/c1-25-12-11-17-18(13-25)29-22(19(17)20(23)26)24-21(27)14-7-9-16(10-8-14)28-15-5-3-2-4-6-15/h2-10H,11-13H2,1H3,(H2,23,26)(H,24,27). The summed E-state index contributed by atoms with van der Waals surface area (Å²) < 4.78 is 5.75. The molecule has 0 radical (unpaired) electrons. The van der Waals surface area contributed by atoms with Crippen molar-refractivity contribution in [1.29, 1.82) is 0 Å². The average molecular weight is 407 g/mol. The molecule has 0 spiro atoms. The third-order valence-electron chi connectivity index (χ3n) is 4.82. The van der Waals surface area contributed by atoms with Gasteiger partial charge in [0.2, 0.25) is 0 Å². The van der Waals surface area contributed by atoms with E-state index in [0.717, 1.165) is 35.7 Å². The molecule has 1 aliphatic rings. The number of hydrogen-bond donors (Lipinski definition) is 2. The van der Waals surface area contributed by atoms with Crippen LogP contribution in [0.1, 0.15) is 31.2 Å². The van der Waals surface area contributed by atoms with Gasteiger partial charge in [-0.2, -0.15) is 0 Å². The van der Waals surface area contributed by atoms with Gasteiger partial charge in [0.05, 0.1) is 5.56 Å². The molecule has 0 unspecified atom stereocenters. The zero-order chi connectivity index (χ0) is 20.4. The number of thiophene rings is 1. The van der Waals surface area contributed by atoms with Crippen LogP contribution in [-0.4, -0.2) is 30.3 Å². The fourth-order valence-corrected chi connectivity index (χ4v) is 4.68. The third-order valence-corrected chi connectivity index (χ3v) is 5.95. The molecule has 148 valence electrons. The van der Waals surface area contributed by atoms with Crippen molar-refractivity contribution in [2.75, 3.05) is 18.9 Å². The summed E-state index contributed by atoms with van der Waals surface area (Å²) in [6.07, 6.45) is 0.752. The number of nitrogens with one attached hydrogen (secondary N) is 1. The molecule has 0 atom stereocenters. The number of likely N-dealkylation sites (N-methyl/N-ethyl adjacent to an activating group) is 1. The summed E-state index contributed by atoms with van der Waals surface area (Å²) >= 11 is 1.42. The van der Waals surface area contributed by atoms with E-state index in [1.165, 1.54) is 11.3 Å². The quantitative estimate of drug-likeness (QED) is 0.672. The molecule has 2 aromatic carbocycles. The number of nitrogens with two attached hydrogens (primary N) is 1. The number of carbonyl (C=O) groups is 2. The lowest BCUT2D eigenvalue weighted by atomic mass is 10.0. The molecule has 3 aromatic rings. The van der Waals surface area contributed by atoms with E-state index in [-0.39, 0.29) is 5.91 Å². The van der Waals surface area contributed by atoms with Crippen LogP contribution >= 0.6 is 11.3 Å². The van der Waals surface area contributed by atoms with Gasteiger partial charge in [-0.25, -0.2) is 0 Å². The summed E-state index contributed by atoms with van der Waals surface area (Å²) in [4.78, 5) is 28.0. The first-order valence-corrected chi connectivity index (χ1v) is 10.1. The van der Waals surface area contributed by atoms with E-state index in [2.05, 4.69) is 10.2 Å². The van der Waals surface area contributed by atoms with Gasteiger partial charge in [0, 0.05) is 23.5 Å². The van der Waals surface area contributed by atoms with Crippen LogP contribution in [-0.2, 0) is 13.0 Å². The number of carbonyl (C=O) groups excluding carboxylic acids is 2. The number of fused-ring (bicyclic) bond motifs is 1. The Bertz CT molecular complexity index is 1050. The fraction of sp³-hybridized carbons (Fsp3) is 0.182. The number of benzene rings is 2. The Hall–Kier alpha value is -3.16. The molecular weight excluding hydrogens is 386 g/mol. The van der Waals surface area contributed by atoms with Gasteiger partial charge in [-0.05, 0) is 55.4 Å². The van der Waals surface area contributed by atoms with Gasteiger partial charge >= 0.3 is 0 Å². The van der Waals surface area contributed by atoms with Crippen molar-refractivity contribution in [2.45, 2.75) is 13.0 Å². The van der Waals surface area contributed by atoms with E-state index in [0.29, 0.717) is 21.9 Å². The summed E-state index contributed by atoms with van der Waals surface area (Å²) in [6.45, 7) is 1.61. The molecule has 0 bridgehead atoms. The van der Waals surface area contributed by atoms with Crippen LogP contribution in [0, 0.1) is 0 Å². The molecule has 0 aliphatic carbocycles. The molecule has 4 rings (SSSR count). The lowest BCUT2D eigenvalue weighted by Gasteiger charge is -2.22. The highest BCUT2D eigenvalue weighted by Crippen LogP contribution is 2.37. The van der Waals surface area contributed by atoms with E-state index < -0.39 is 5.91 Å². The Labute approximate surface area is 172 Å². The van der Waals surface area contributed by atoms with E-state index in [1.807, 2.05) is 37.4 Å². The minimum Gasteiger partial charge on any atom is -0.457 e. The largest absolute Gasteiger partial charge is 0.457 e. The highest BCUT2D eigenvalue weighted by Gasteiger charge is 2.26. The minimum absolute atomic E-state index is 0.286.